The predicted molar refractivity (Wildman–Crippen MR) is 71.8 cm³/mol. The second-order valence-corrected chi connectivity index (χ2v) is 4.25. The highest BCUT2D eigenvalue weighted by molar-refractivity contribution is 6.31. The molecule has 3 aromatic rings. The number of hydrogen-bond acceptors (Lipinski definition) is 3. The van der Waals surface area contributed by atoms with Gasteiger partial charge in [0.15, 0.2) is 5.15 Å². The molecule has 0 saturated heterocycles. The Balaban J connectivity index is 1.83. The van der Waals surface area contributed by atoms with Gasteiger partial charge in [0, 0.05) is 24.5 Å². The molecule has 90 valence electrons. The van der Waals surface area contributed by atoms with Crippen LogP contribution in [0.3, 0.4) is 0 Å². The molecule has 0 unspecified atom stereocenters. The average Bonchev–Trinajstić information content (AvgIpc) is 2.81. The molecule has 0 aliphatic carbocycles. The van der Waals surface area contributed by atoms with Crippen molar-refractivity contribution >= 4 is 22.8 Å². The highest BCUT2D eigenvalue weighted by Gasteiger charge is 2.04. The van der Waals surface area contributed by atoms with Gasteiger partial charge in [-0.15, -0.1) is 0 Å². The Kier molecular flexibility index (Phi) is 2.86. The lowest BCUT2D eigenvalue weighted by Gasteiger charge is -2.06. The largest absolute Gasteiger partial charge is 0.378 e. The van der Waals surface area contributed by atoms with Crippen molar-refractivity contribution in [1.29, 1.82) is 0 Å². The molecule has 0 fully saturated rings. The number of nitrogens with zero attached hydrogens (tertiary/aromatic N) is 3. The topological polar surface area (TPSA) is 42.2 Å². The van der Waals surface area contributed by atoms with Gasteiger partial charge in [-0.1, -0.05) is 17.7 Å². The van der Waals surface area contributed by atoms with Gasteiger partial charge < -0.3 is 5.32 Å². The number of fused-ring (bicyclic) bond motifs is 1. The first-order valence-corrected chi connectivity index (χ1v) is 5.98. The molecule has 5 heteroatoms. The molecule has 3 aromatic heterocycles. The first-order chi connectivity index (χ1) is 8.84. The van der Waals surface area contributed by atoms with Gasteiger partial charge in [-0.3, -0.25) is 0 Å². The zero-order valence-corrected chi connectivity index (χ0v) is 10.3. The van der Waals surface area contributed by atoms with E-state index in [4.69, 9.17) is 11.6 Å². The lowest BCUT2D eigenvalue weighted by molar-refractivity contribution is 0.961. The quantitative estimate of drug-likeness (QED) is 0.735. The van der Waals surface area contributed by atoms with Crippen LogP contribution in [0.1, 0.15) is 5.56 Å². The second-order valence-electron chi connectivity index (χ2n) is 3.90. The molecule has 0 radical (unpaired) electrons. The van der Waals surface area contributed by atoms with Gasteiger partial charge in [0.2, 0.25) is 0 Å². The molecule has 0 amide bonds. The molecule has 4 nitrogen and oxygen atoms in total. The molecule has 3 heterocycles. The van der Waals surface area contributed by atoms with Gasteiger partial charge >= 0.3 is 0 Å². The summed E-state index contributed by atoms with van der Waals surface area (Å²) >= 11 is 5.99. The van der Waals surface area contributed by atoms with E-state index >= 15 is 0 Å². The van der Waals surface area contributed by atoms with Crippen LogP contribution in [-0.4, -0.2) is 14.6 Å². The summed E-state index contributed by atoms with van der Waals surface area (Å²) in [6.07, 6.45) is 5.45. The summed E-state index contributed by atoms with van der Waals surface area (Å²) < 4.78 is 1.85. The van der Waals surface area contributed by atoms with E-state index in [-0.39, 0.29) is 0 Å². The Labute approximate surface area is 109 Å². The molecule has 0 aromatic carbocycles. The molecule has 0 atom stereocenters. The smallest absolute Gasteiger partial charge is 0.152 e. The van der Waals surface area contributed by atoms with Gasteiger partial charge in [0.25, 0.3) is 0 Å². The minimum absolute atomic E-state index is 0.481. The summed E-state index contributed by atoms with van der Waals surface area (Å²) in [4.78, 5) is 4.02. The normalized spacial score (nSPS) is 10.7. The van der Waals surface area contributed by atoms with Crippen LogP contribution in [0.4, 0.5) is 5.69 Å². The standard InChI is InChI=1S/C13H11ClN4/c14-13-11(4-3-6-15-13)16-8-10-9-17-18-7-2-1-5-12(10)18/h1-7,9,16H,8H2. The van der Waals surface area contributed by atoms with Crippen LogP contribution in [0, 0.1) is 0 Å². The summed E-state index contributed by atoms with van der Waals surface area (Å²) in [6.45, 7) is 0.666. The van der Waals surface area contributed by atoms with Crippen molar-refractivity contribution in [1.82, 2.24) is 14.6 Å². The number of nitrogens with one attached hydrogen (secondary N) is 1. The molecule has 0 spiro atoms. The lowest BCUT2D eigenvalue weighted by atomic mass is 10.2. The maximum atomic E-state index is 5.99. The van der Waals surface area contributed by atoms with Gasteiger partial charge in [0.05, 0.1) is 17.4 Å². The molecule has 0 bridgehead atoms. The van der Waals surface area contributed by atoms with Crippen LogP contribution in [0.25, 0.3) is 5.52 Å². The van der Waals surface area contributed by atoms with E-state index in [1.165, 1.54) is 0 Å². The van der Waals surface area contributed by atoms with Crippen LogP contribution in [-0.2, 0) is 6.54 Å². The Morgan fingerprint density at radius 3 is 3.06 bits per heavy atom. The minimum atomic E-state index is 0.481. The van der Waals surface area contributed by atoms with Crippen molar-refractivity contribution in [2.45, 2.75) is 6.54 Å². The van der Waals surface area contributed by atoms with Crippen LogP contribution in [0.15, 0.2) is 48.9 Å². The maximum absolute atomic E-state index is 5.99. The molecule has 0 aliphatic rings. The second kappa shape index (κ2) is 4.66. The van der Waals surface area contributed by atoms with E-state index in [9.17, 15) is 0 Å². The van der Waals surface area contributed by atoms with E-state index in [2.05, 4.69) is 15.4 Å². The van der Waals surface area contributed by atoms with Crippen LogP contribution < -0.4 is 5.32 Å². The Bertz CT molecular complexity index is 677. The summed E-state index contributed by atoms with van der Waals surface area (Å²) in [6, 6.07) is 9.74. The number of anilines is 1. The number of rotatable bonds is 3. The highest BCUT2D eigenvalue weighted by atomic mass is 35.5. The third-order valence-corrected chi connectivity index (χ3v) is 3.04. The van der Waals surface area contributed by atoms with Crippen LogP contribution in [0.5, 0.6) is 0 Å². The Hall–Kier alpha value is -2.07. The molecular weight excluding hydrogens is 248 g/mol. The fourth-order valence-corrected chi connectivity index (χ4v) is 2.02. The number of pyridine rings is 2. The summed E-state index contributed by atoms with van der Waals surface area (Å²) in [5.74, 6) is 0. The predicted octanol–water partition coefficient (Wildman–Crippen LogP) is 2.99. The zero-order chi connectivity index (χ0) is 12.4. The van der Waals surface area contributed by atoms with Crippen molar-refractivity contribution in [3.05, 3.63) is 59.6 Å². The average molecular weight is 259 g/mol. The molecule has 0 aliphatic heterocycles. The third-order valence-electron chi connectivity index (χ3n) is 2.73. The van der Waals surface area contributed by atoms with Crippen molar-refractivity contribution in [3.8, 4) is 0 Å². The third kappa shape index (κ3) is 2.02. The minimum Gasteiger partial charge on any atom is -0.378 e. The molecule has 0 saturated carbocycles. The van der Waals surface area contributed by atoms with Gasteiger partial charge in [-0.05, 0) is 24.3 Å². The number of hydrogen-bond donors (Lipinski definition) is 1. The highest BCUT2D eigenvalue weighted by Crippen LogP contribution is 2.19. The monoisotopic (exact) mass is 258 g/mol. The van der Waals surface area contributed by atoms with Crippen molar-refractivity contribution in [2.75, 3.05) is 5.32 Å². The molecular formula is C13H11ClN4. The van der Waals surface area contributed by atoms with Crippen molar-refractivity contribution in [3.63, 3.8) is 0 Å². The first-order valence-electron chi connectivity index (χ1n) is 5.60. The zero-order valence-electron chi connectivity index (χ0n) is 9.55. The van der Waals surface area contributed by atoms with E-state index in [0.29, 0.717) is 11.7 Å². The number of aromatic nitrogens is 3. The summed E-state index contributed by atoms with van der Waals surface area (Å²) in [7, 11) is 0. The Morgan fingerprint density at radius 1 is 1.22 bits per heavy atom. The molecule has 1 N–H and O–H groups in total. The van der Waals surface area contributed by atoms with E-state index in [0.717, 1.165) is 16.8 Å². The fraction of sp³-hybridized carbons (Fsp3) is 0.0769. The number of halogens is 1. The van der Waals surface area contributed by atoms with E-state index in [1.54, 1.807) is 6.20 Å². The molecule has 18 heavy (non-hydrogen) atoms. The van der Waals surface area contributed by atoms with Gasteiger partial charge in [-0.2, -0.15) is 5.10 Å². The summed E-state index contributed by atoms with van der Waals surface area (Å²) in [5, 5.41) is 8.02. The molecule has 3 rings (SSSR count). The van der Waals surface area contributed by atoms with Gasteiger partial charge in [0.1, 0.15) is 0 Å². The van der Waals surface area contributed by atoms with E-state index < -0.39 is 0 Å². The first kappa shape index (κ1) is 11.0. The van der Waals surface area contributed by atoms with Crippen molar-refractivity contribution < 1.29 is 0 Å². The lowest BCUT2D eigenvalue weighted by Crippen LogP contribution is -2.00. The van der Waals surface area contributed by atoms with Crippen LogP contribution in [0.2, 0.25) is 5.15 Å². The summed E-state index contributed by atoms with van der Waals surface area (Å²) in [5.41, 5.74) is 3.04. The van der Waals surface area contributed by atoms with E-state index in [1.807, 2.05) is 47.2 Å². The SMILES string of the molecule is Clc1ncccc1NCc1cnn2ccccc12. The Morgan fingerprint density at radius 2 is 2.17 bits per heavy atom. The van der Waals surface area contributed by atoms with Crippen molar-refractivity contribution in [2.24, 2.45) is 0 Å². The fourth-order valence-electron chi connectivity index (χ4n) is 1.83. The van der Waals surface area contributed by atoms with Gasteiger partial charge in [-0.25, -0.2) is 9.50 Å². The van der Waals surface area contributed by atoms with Crippen LogP contribution >= 0.6 is 11.6 Å². The maximum Gasteiger partial charge on any atom is 0.152 e.